The molecule has 2 aliphatic heterocycles. The summed E-state index contributed by atoms with van der Waals surface area (Å²) in [7, 11) is 2.15. The van der Waals surface area contributed by atoms with Crippen LogP contribution in [-0.4, -0.2) is 77.6 Å². The first kappa shape index (κ1) is 25.8. The minimum atomic E-state index is -0.201. The number of nitriles is 1. The lowest BCUT2D eigenvalue weighted by Gasteiger charge is -2.42. The lowest BCUT2D eigenvalue weighted by molar-refractivity contribution is -0.128. The number of anilines is 1. The van der Waals surface area contributed by atoms with E-state index in [1.165, 1.54) is 29.2 Å². The van der Waals surface area contributed by atoms with Crippen molar-refractivity contribution in [3.63, 3.8) is 0 Å². The fourth-order valence-corrected chi connectivity index (χ4v) is 7.30. The smallest absolute Gasteiger partial charge is 0.318 e. The van der Waals surface area contributed by atoms with E-state index in [9.17, 15) is 10.1 Å². The van der Waals surface area contributed by atoms with Gasteiger partial charge < -0.3 is 19.4 Å². The van der Waals surface area contributed by atoms with Gasteiger partial charge >= 0.3 is 6.01 Å². The van der Waals surface area contributed by atoms with Crippen LogP contribution in [0.4, 0.5) is 5.82 Å². The summed E-state index contributed by atoms with van der Waals surface area (Å²) < 4.78 is 6.31. The molecule has 0 bridgehead atoms. The maximum Gasteiger partial charge on any atom is 0.318 e. The number of nitrogens with zero attached hydrogens (tertiary/aromatic N) is 6. The van der Waals surface area contributed by atoms with E-state index >= 15 is 0 Å². The van der Waals surface area contributed by atoms with Gasteiger partial charge in [0, 0.05) is 36.7 Å². The summed E-state index contributed by atoms with van der Waals surface area (Å²) in [6.07, 6.45) is 9.11. The van der Waals surface area contributed by atoms with E-state index in [1.807, 2.05) is 0 Å². The number of benzene rings is 1. The summed E-state index contributed by atoms with van der Waals surface area (Å²) in [4.78, 5) is 28.9. The number of likely N-dealkylation sites (N-methyl/N-ethyl adjacent to an activating group) is 1. The first-order chi connectivity index (χ1) is 19.0. The summed E-state index contributed by atoms with van der Waals surface area (Å²) in [6.45, 7) is 7.10. The fourth-order valence-electron chi connectivity index (χ4n) is 7.30. The minimum absolute atomic E-state index is 0.119. The number of piperazine rings is 1. The predicted molar refractivity (Wildman–Crippen MR) is 150 cm³/mol. The number of carbonyl (C=O) groups excluding carboxylic acids is 1. The van der Waals surface area contributed by atoms with Gasteiger partial charge in [0.05, 0.1) is 24.2 Å². The molecule has 3 atom stereocenters. The largest absolute Gasteiger partial charge is 0.462 e. The summed E-state index contributed by atoms with van der Waals surface area (Å²) in [5, 5.41) is 9.50. The second kappa shape index (κ2) is 10.6. The molecule has 6 rings (SSSR count). The predicted octanol–water partition coefficient (Wildman–Crippen LogP) is 3.44. The molecule has 2 aliphatic carbocycles. The molecule has 0 N–H and O–H groups in total. The Morgan fingerprint density at radius 3 is 2.85 bits per heavy atom. The van der Waals surface area contributed by atoms with Gasteiger partial charge in [-0.25, -0.2) is 0 Å². The number of aryl methyl sites for hydroxylation is 1. The highest BCUT2D eigenvalue weighted by atomic mass is 16.5. The number of amides is 1. The maximum atomic E-state index is 12.5. The molecule has 3 heterocycles. The molecule has 2 saturated heterocycles. The van der Waals surface area contributed by atoms with E-state index in [0.29, 0.717) is 38.3 Å². The van der Waals surface area contributed by atoms with Gasteiger partial charge in [0.15, 0.2) is 0 Å². The van der Waals surface area contributed by atoms with E-state index in [2.05, 4.69) is 53.8 Å². The lowest BCUT2D eigenvalue weighted by Crippen LogP contribution is -2.55. The van der Waals surface area contributed by atoms with Gasteiger partial charge in [-0.3, -0.25) is 4.79 Å². The molecule has 39 heavy (non-hydrogen) atoms. The van der Waals surface area contributed by atoms with Crippen molar-refractivity contribution in [2.75, 3.05) is 44.7 Å². The third kappa shape index (κ3) is 4.78. The lowest BCUT2D eigenvalue weighted by atomic mass is 9.69. The number of ether oxygens (including phenoxy) is 1. The van der Waals surface area contributed by atoms with Gasteiger partial charge in [-0.2, -0.15) is 15.2 Å². The Kier molecular flexibility index (Phi) is 7.03. The van der Waals surface area contributed by atoms with Gasteiger partial charge in [-0.05, 0) is 75.7 Å². The van der Waals surface area contributed by atoms with Crippen LogP contribution in [0.25, 0.3) is 0 Å². The molecule has 1 aromatic carbocycles. The summed E-state index contributed by atoms with van der Waals surface area (Å²) in [5.41, 5.74) is 5.37. The molecule has 4 aliphatic rings. The molecule has 8 heteroatoms. The molecular formula is C31H38N6O2. The molecule has 0 saturated carbocycles. The standard InChI is InChI=1S/C31H38N6O2/c1-3-28(38)37-18-17-36(20-23(37)12-15-32)29-25-11-14-31(13-10-22-7-4-5-9-26(22)31)19-27(25)33-30(34-29)39-21-24-8-6-16-35(24)2/h3-5,7,9,23-24H,1,6,8,10-14,16-21H2,2H3/t23-,24-,31+/m0/s1. The SMILES string of the molecule is C=CC(=O)N1CCN(c2nc(OC[C@@H]3CCCN3C)nc3c2CC[C@]2(CCc4ccccc42)C3)C[C@@H]1CC#N. The first-order valence-electron chi connectivity index (χ1n) is 14.4. The van der Waals surface area contributed by atoms with Crippen molar-refractivity contribution in [1.82, 2.24) is 19.8 Å². The van der Waals surface area contributed by atoms with Crippen LogP contribution in [0.2, 0.25) is 0 Å². The van der Waals surface area contributed by atoms with Crippen LogP contribution >= 0.6 is 0 Å². The molecule has 2 fully saturated rings. The van der Waals surface area contributed by atoms with E-state index < -0.39 is 0 Å². The zero-order valence-corrected chi connectivity index (χ0v) is 22.9. The van der Waals surface area contributed by atoms with Crippen LogP contribution in [0.3, 0.4) is 0 Å². The molecule has 1 amide bonds. The molecule has 0 unspecified atom stereocenters. The Balaban J connectivity index is 1.33. The van der Waals surface area contributed by atoms with Crippen molar-refractivity contribution in [1.29, 1.82) is 5.26 Å². The summed E-state index contributed by atoms with van der Waals surface area (Å²) in [5.74, 6) is 0.802. The summed E-state index contributed by atoms with van der Waals surface area (Å²) in [6, 6.07) is 11.8. The van der Waals surface area contributed by atoms with Crippen molar-refractivity contribution >= 4 is 11.7 Å². The minimum Gasteiger partial charge on any atom is -0.462 e. The first-order valence-corrected chi connectivity index (χ1v) is 14.4. The molecular weight excluding hydrogens is 488 g/mol. The third-order valence-corrected chi connectivity index (χ3v) is 9.51. The third-order valence-electron chi connectivity index (χ3n) is 9.51. The average Bonchev–Trinajstić information content (AvgIpc) is 3.54. The highest BCUT2D eigenvalue weighted by Crippen LogP contribution is 2.48. The van der Waals surface area contributed by atoms with Gasteiger partial charge in [0.25, 0.3) is 0 Å². The molecule has 2 aromatic rings. The van der Waals surface area contributed by atoms with Crippen LogP contribution < -0.4 is 9.64 Å². The van der Waals surface area contributed by atoms with E-state index in [4.69, 9.17) is 14.7 Å². The van der Waals surface area contributed by atoms with E-state index in [-0.39, 0.29) is 23.8 Å². The fraction of sp³-hybridized carbons (Fsp3) is 0.548. The number of likely N-dealkylation sites (tertiary alicyclic amines) is 1. The summed E-state index contributed by atoms with van der Waals surface area (Å²) >= 11 is 0. The van der Waals surface area contributed by atoms with Crippen LogP contribution in [-0.2, 0) is 29.5 Å². The number of hydrogen-bond donors (Lipinski definition) is 0. The Hall–Kier alpha value is -3.44. The van der Waals surface area contributed by atoms with Crippen molar-refractivity contribution < 1.29 is 9.53 Å². The topological polar surface area (TPSA) is 85.6 Å². The van der Waals surface area contributed by atoms with Crippen molar-refractivity contribution in [3.05, 3.63) is 59.3 Å². The van der Waals surface area contributed by atoms with Gasteiger partial charge in [0.2, 0.25) is 5.91 Å². The Morgan fingerprint density at radius 1 is 1.21 bits per heavy atom. The highest BCUT2D eigenvalue weighted by molar-refractivity contribution is 5.87. The van der Waals surface area contributed by atoms with Gasteiger partial charge in [-0.15, -0.1) is 0 Å². The van der Waals surface area contributed by atoms with Crippen LogP contribution in [0.5, 0.6) is 6.01 Å². The maximum absolute atomic E-state index is 12.5. The van der Waals surface area contributed by atoms with Crippen molar-refractivity contribution in [2.45, 2.75) is 68.9 Å². The van der Waals surface area contributed by atoms with Crippen LogP contribution in [0, 0.1) is 11.3 Å². The molecule has 1 aromatic heterocycles. The average molecular weight is 527 g/mol. The normalized spacial score (nSPS) is 26.3. The zero-order chi connectivity index (χ0) is 27.0. The molecule has 8 nitrogen and oxygen atoms in total. The number of rotatable bonds is 6. The number of hydrogen-bond acceptors (Lipinski definition) is 7. The highest BCUT2D eigenvalue weighted by Gasteiger charge is 2.43. The van der Waals surface area contributed by atoms with Crippen LogP contribution in [0.15, 0.2) is 36.9 Å². The second-order valence-electron chi connectivity index (χ2n) is 11.7. The number of carbonyl (C=O) groups is 1. The van der Waals surface area contributed by atoms with Crippen LogP contribution in [0.1, 0.15) is 54.5 Å². The van der Waals surface area contributed by atoms with Gasteiger partial charge in [-0.1, -0.05) is 30.8 Å². The Labute approximate surface area is 231 Å². The van der Waals surface area contributed by atoms with E-state index in [1.54, 1.807) is 4.90 Å². The van der Waals surface area contributed by atoms with Crippen molar-refractivity contribution in [2.24, 2.45) is 0 Å². The number of aromatic nitrogens is 2. The van der Waals surface area contributed by atoms with E-state index in [0.717, 1.165) is 56.6 Å². The quantitative estimate of drug-likeness (QED) is 0.533. The Bertz CT molecular complexity index is 1300. The zero-order valence-electron chi connectivity index (χ0n) is 22.9. The molecule has 204 valence electrons. The monoisotopic (exact) mass is 526 g/mol. The molecule has 1 spiro atoms. The number of fused-ring (bicyclic) bond motifs is 3. The van der Waals surface area contributed by atoms with Crippen molar-refractivity contribution in [3.8, 4) is 12.1 Å². The molecule has 0 radical (unpaired) electrons. The van der Waals surface area contributed by atoms with Gasteiger partial charge in [0.1, 0.15) is 12.4 Å². The second-order valence-corrected chi connectivity index (χ2v) is 11.7. The Morgan fingerprint density at radius 2 is 2.05 bits per heavy atom.